The summed E-state index contributed by atoms with van der Waals surface area (Å²) in [6.07, 6.45) is 6.72. The fourth-order valence-electron chi connectivity index (χ4n) is 4.38. The van der Waals surface area contributed by atoms with Crippen LogP contribution in [0.2, 0.25) is 10.0 Å². The van der Waals surface area contributed by atoms with E-state index < -0.39 is 10.0 Å². The molecule has 0 unspecified atom stereocenters. The van der Waals surface area contributed by atoms with Crippen LogP contribution >= 0.6 is 23.2 Å². The van der Waals surface area contributed by atoms with Crippen molar-refractivity contribution in [3.8, 4) is 0 Å². The highest BCUT2D eigenvalue weighted by atomic mass is 35.5. The number of halogens is 2. The molecule has 158 valence electrons. The molecule has 0 radical (unpaired) electrons. The van der Waals surface area contributed by atoms with Crippen LogP contribution in [0.15, 0.2) is 18.2 Å². The number of benzene rings is 1. The number of hydrogen-bond acceptors (Lipinski definition) is 4. The number of nitrogens with zero attached hydrogens (tertiary/aromatic N) is 3. The zero-order valence-electron chi connectivity index (χ0n) is 16.8. The zero-order valence-corrected chi connectivity index (χ0v) is 19.1. The van der Waals surface area contributed by atoms with Crippen LogP contribution in [0, 0.1) is 5.92 Å². The first kappa shape index (κ1) is 22.2. The van der Waals surface area contributed by atoms with Crippen LogP contribution in [-0.4, -0.2) is 69.7 Å². The zero-order chi connectivity index (χ0) is 20.3. The molecule has 1 saturated heterocycles. The molecule has 1 aromatic carbocycles. The number of rotatable bonds is 6. The van der Waals surface area contributed by atoms with Crippen LogP contribution in [0.5, 0.6) is 0 Å². The van der Waals surface area contributed by atoms with Gasteiger partial charge in [-0.2, -0.15) is 0 Å². The number of sulfonamides is 1. The van der Waals surface area contributed by atoms with Gasteiger partial charge >= 0.3 is 0 Å². The van der Waals surface area contributed by atoms with Gasteiger partial charge < -0.3 is 4.90 Å². The van der Waals surface area contributed by atoms with Gasteiger partial charge in [-0.15, -0.1) is 0 Å². The SMILES string of the molecule is CN([C@H]1CC[C@H](CCN2CCN(c3cccc(Cl)c3Cl)CC2)CC1)S(C)(=O)=O. The van der Waals surface area contributed by atoms with E-state index in [0.29, 0.717) is 16.0 Å². The highest BCUT2D eigenvalue weighted by Gasteiger charge is 2.28. The summed E-state index contributed by atoms with van der Waals surface area (Å²) in [6, 6.07) is 5.99. The van der Waals surface area contributed by atoms with Gasteiger partial charge in [-0.1, -0.05) is 29.3 Å². The summed E-state index contributed by atoms with van der Waals surface area (Å²) in [7, 11) is -1.37. The molecule has 1 aliphatic carbocycles. The Morgan fingerprint density at radius 3 is 2.32 bits per heavy atom. The Morgan fingerprint density at radius 2 is 1.71 bits per heavy atom. The van der Waals surface area contributed by atoms with Crippen LogP contribution in [-0.2, 0) is 10.0 Å². The first-order valence-corrected chi connectivity index (χ1v) is 12.7. The lowest BCUT2D eigenvalue weighted by molar-refractivity contribution is 0.194. The number of hydrogen-bond donors (Lipinski definition) is 0. The summed E-state index contributed by atoms with van der Waals surface area (Å²) in [5.41, 5.74) is 1.03. The minimum absolute atomic E-state index is 0.178. The average Bonchev–Trinajstić information content (AvgIpc) is 2.68. The van der Waals surface area contributed by atoms with Gasteiger partial charge in [0.2, 0.25) is 10.0 Å². The largest absolute Gasteiger partial charge is 0.368 e. The third kappa shape index (κ3) is 5.54. The van der Waals surface area contributed by atoms with Gasteiger partial charge in [0.1, 0.15) is 0 Å². The standard InChI is InChI=1S/C20H31Cl2N3O2S/c1-23(28(2,26)27)17-8-6-16(7-9-17)10-11-24-12-14-25(15-13-24)19-5-3-4-18(21)20(19)22/h3-5,16-17H,6-15H2,1-2H3/t16-,17-. The van der Waals surface area contributed by atoms with Gasteiger partial charge in [0.15, 0.2) is 0 Å². The van der Waals surface area contributed by atoms with E-state index in [9.17, 15) is 8.42 Å². The second kappa shape index (κ2) is 9.52. The van der Waals surface area contributed by atoms with Gasteiger partial charge in [-0.25, -0.2) is 12.7 Å². The van der Waals surface area contributed by atoms with E-state index >= 15 is 0 Å². The van der Waals surface area contributed by atoms with Crippen molar-refractivity contribution in [3.63, 3.8) is 0 Å². The monoisotopic (exact) mass is 447 g/mol. The van der Waals surface area contributed by atoms with Crippen LogP contribution in [0.3, 0.4) is 0 Å². The van der Waals surface area contributed by atoms with Gasteiger partial charge in [0, 0.05) is 39.3 Å². The molecule has 0 bridgehead atoms. The molecule has 1 saturated carbocycles. The molecule has 1 aliphatic heterocycles. The average molecular weight is 448 g/mol. The van der Waals surface area contributed by atoms with Crippen molar-refractivity contribution in [3.05, 3.63) is 28.2 Å². The van der Waals surface area contributed by atoms with Crippen LogP contribution < -0.4 is 4.90 Å². The molecule has 3 rings (SSSR count). The number of piperazine rings is 1. The maximum atomic E-state index is 11.7. The smallest absolute Gasteiger partial charge is 0.211 e. The van der Waals surface area contributed by atoms with Gasteiger partial charge in [0.25, 0.3) is 0 Å². The molecule has 0 spiro atoms. The molecular formula is C20H31Cl2N3O2S. The summed E-state index contributed by atoms with van der Waals surface area (Å²) in [4.78, 5) is 4.85. The molecule has 0 N–H and O–H groups in total. The first-order valence-electron chi connectivity index (χ1n) is 10.1. The third-order valence-electron chi connectivity index (χ3n) is 6.35. The Hall–Kier alpha value is -0.530. The summed E-state index contributed by atoms with van der Waals surface area (Å²) < 4.78 is 25.0. The lowest BCUT2D eigenvalue weighted by atomic mass is 9.84. The first-order chi connectivity index (χ1) is 13.3. The molecule has 28 heavy (non-hydrogen) atoms. The highest BCUT2D eigenvalue weighted by molar-refractivity contribution is 7.88. The molecule has 0 aromatic heterocycles. The van der Waals surface area contributed by atoms with E-state index in [1.165, 1.54) is 12.7 Å². The van der Waals surface area contributed by atoms with Crippen molar-refractivity contribution < 1.29 is 8.42 Å². The summed E-state index contributed by atoms with van der Waals surface area (Å²) in [5.74, 6) is 0.713. The molecule has 2 fully saturated rings. The van der Waals surface area contributed by atoms with E-state index in [0.717, 1.165) is 64.1 Å². The van der Waals surface area contributed by atoms with Crippen LogP contribution in [0.4, 0.5) is 5.69 Å². The number of anilines is 1. The lowest BCUT2D eigenvalue weighted by Crippen LogP contribution is -2.47. The summed E-state index contributed by atoms with van der Waals surface area (Å²) in [5, 5.41) is 1.26. The Bertz CT molecular complexity index is 759. The highest BCUT2D eigenvalue weighted by Crippen LogP contribution is 2.33. The minimum Gasteiger partial charge on any atom is -0.368 e. The van der Waals surface area contributed by atoms with Gasteiger partial charge in [-0.3, -0.25) is 4.90 Å². The van der Waals surface area contributed by atoms with E-state index in [1.54, 1.807) is 11.4 Å². The minimum atomic E-state index is -3.08. The lowest BCUT2D eigenvalue weighted by Gasteiger charge is -2.38. The Morgan fingerprint density at radius 1 is 1.07 bits per heavy atom. The molecule has 0 amide bonds. The second-order valence-electron chi connectivity index (χ2n) is 8.14. The Balaban J connectivity index is 1.40. The van der Waals surface area contributed by atoms with Crippen molar-refractivity contribution in [2.75, 3.05) is 50.9 Å². The topological polar surface area (TPSA) is 43.9 Å². The fourth-order valence-corrected chi connectivity index (χ4v) is 5.55. The molecule has 1 heterocycles. The van der Waals surface area contributed by atoms with Crippen molar-refractivity contribution in [1.82, 2.24) is 9.21 Å². The molecular weight excluding hydrogens is 417 g/mol. The van der Waals surface area contributed by atoms with Crippen LogP contribution in [0.25, 0.3) is 0 Å². The second-order valence-corrected chi connectivity index (χ2v) is 11.0. The predicted octanol–water partition coefficient (Wildman–Crippen LogP) is 3.96. The molecule has 1 aromatic rings. The maximum Gasteiger partial charge on any atom is 0.211 e. The third-order valence-corrected chi connectivity index (χ3v) is 8.50. The Labute approximate surface area is 179 Å². The molecule has 0 atom stereocenters. The summed E-state index contributed by atoms with van der Waals surface area (Å²) in [6.45, 7) is 5.12. The summed E-state index contributed by atoms with van der Waals surface area (Å²) >= 11 is 12.5. The quantitative estimate of drug-likeness (QED) is 0.661. The van der Waals surface area contributed by atoms with Gasteiger partial charge in [-0.05, 0) is 56.7 Å². The fraction of sp³-hybridized carbons (Fsp3) is 0.700. The van der Waals surface area contributed by atoms with Crippen LogP contribution in [0.1, 0.15) is 32.1 Å². The van der Waals surface area contributed by atoms with Crippen molar-refractivity contribution in [2.24, 2.45) is 5.92 Å². The molecule has 5 nitrogen and oxygen atoms in total. The Kier molecular flexibility index (Phi) is 7.54. The van der Waals surface area contributed by atoms with Gasteiger partial charge in [0.05, 0.1) is 22.0 Å². The van der Waals surface area contributed by atoms with E-state index in [2.05, 4.69) is 9.80 Å². The maximum absolute atomic E-state index is 11.7. The normalized spacial score (nSPS) is 24.7. The molecule has 8 heteroatoms. The predicted molar refractivity (Wildman–Crippen MR) is 118 cm³/mol. The van der Waals surface area contributed by atoms with E-state index in [1.807, 2.05) is 18.2 Å². The van der Waals surface area contributed by atoms with Crippen molar-refractivity contribution in [2.45, 2.75) is 38.1 Å². The van der Waals surface area contributed by atoms with Crippen molar-refractivity contribution >= 4 is 38.9 Å². The van der Waals surface area contributed by atoms with E-state index in [-0.39, 0.29) is 6.04 Å². The van der Waals surface area contributed by atoms with Crippen molar-refractivity contribution in [1.29, 1.82) is 0 Å². The molecule has 2 aliphatic rings. The van der Waals surface area contributed by atoms with E-state index in [4.69, 9.17) is 23.2 Å².